The van der Waals surface area contributed by atoms with Gasteiger partial charge in [-0.15, -0.1) is 0 Å². The molecule has 6 aromatic carbocycles. The topological polar surface area (TPSA) is 9.86 Å². The third-order valence-corrected chi connectivity index (χ3v) is 7.71. The van der Waals surface area contributed by atoms with Crippen LogP contribution < -0.4 is 0 Å². The first kappa shape index (κ1) is 21.0. The molecule has 0 saturated heterocycles. The third-order valence-electron chi connectivity index (χ3n) is 7.71. The fourth-order valence-corrected chi connectivity index (χ4v) is 6.16. The Hall–Kier alpha value is -5.08. The first-order chi connectivity index (χ1) is 18.9. The molecule has 178 valence electrons. The predicted octanol–water partition coefficient (Wildman–Crippen LogP) is 9.55. The van der Waals surface area contributed by atoms with Gasteiger partial charge in [0.15, 0.2) is 0 Å². The summed E-state index contributed by atoms with van der Waals surface area (Å²) >= 11 is 0. The number of fused-ring (bicyclic) bond motifs is 6. The smallest absolute Gasteiger partial charge is 0.0620 e. The second-order valence-electron chi connectivity index (χ2n) is 9.78. The Morgan fingerprint density at radius 2 is 0.658 bits per heavy atom. The molecule has 2 heterocycles. The van der Waals surface area contributed by atoms with Gasteiger partial charge in [-0.1, -0.05) is 109 Å². The van der Waals surface area contributed by atoms with E-state index in [-0.39, 0.29) is 0 Å². The molecule has 0 amide bonds. The van der Waals surface area contributed by atoms with Gasteiger partial charge in [0.2, 0.25) is 0 Å². The van der Waals surface area contributed by atoms with Crippen LogP contribution in [0.15, 0.2) is 146 Å². The fraction of sp³-hybridized carbons (Fsp3) is 0. The van der Waals surface area contributed by atoms with Gasteiger partial charge < -0.3 is 9.13 Å². The molecule has 0 atom stereocenters. The number of nitrogens with zero attached hydrogens (tertiary/aromatic N) is 2. The Morgan fingerprint density at radius 3 is 1.11 bits per heavy atom. The minimum Gasteiger partial charge on any atom is -0.309 e. The van der Waals surface area contributed by atoms with E-state index in [1.807, 2.05) is 0 Å². The van der Waals surface area contributed by atoms with E-state index in [4.69, 9.17) is 0 Å². The van der Waals surface area contributed by atoms with Crippen molar-refractivity contribution in [3.05, 3.63) is 146 Å². The monoisotopic (exact) mass is 484 g/mol. The summed E-state index contributed by atoms with van der Waals surface area (Å²) in [6.45, 7) is 0. The van der Waals surface area contributed by atoms with Crippen molar-refractivity contribution in [2.24, 2.45) is 0 Å². The summed E-state index contributed by atoms with van der Waals surface area (Å²) in [5.41, 5.74) is 9.70. The van der Waals surface area contributed by atoms with Crippen LogP contribution in [0.1, 0.15) is 0 Å². The van der Waals surface area contributed by atoms with Crippen LogP contribution in [0.25, 0.3) is 66.1 Å². The number of benzene rings is 6. The van der Waals surface area contributed by atoms with Crippen LogP contribution >= 0.6 is 0 Å². The summed E-state index contributed by atoms with van der Waals surface area (Å²) < 4.78 is 4.85. The molecule has 0 saturated carbocycles. The molecule has 2 nitrogen and oxygen atoms in total. The highest BCUT2D eigenvalue weighted by atomic mass is 15.0. The van der Waals surface area contributed by atoms with E-state index in [1.165, 1.54) is 66.1 Å². The Balaban J connectivity index is 1.57. The maximum absolute atomic E-state index is 2.42. The molecular formula is C36H24N2. The molecule has 8 rings (SSSR count). The van der Waals surface area contributed by atoms with Crippen molar-refractivity contribution in [2.75, 3.05) is 0 Å². The van der Waals surface area contributed by atoms with Crippen LogP contribution in [0.2, 0.25) is 0 Å². The number of rotatable bonds is 3. The van der Waals surface area contributed by atoms with Crippen molar-refractivity contribution in [1.82, 2.24) is 9.13 Å². The van der Waals surface area contributed by atoms with Crippen LogP contribution in [0.3, 0.4) is 0 Å². The zero-order valence-electron chi connectivity index (χ0n) is 20.8. The zero-order chi connectivity index (χ0) is 25.1. The van der Waals surface area contributed by atoms with E-state index >= 15 is 0 Å². The standard InChI is InChI=1S/C36H24N2/c1-3-13-25(14-4-1)37-33-23-9-7-17-27(33)29-19-11-21-31(35(29)37)32-22-12-20-30-28-18-8-10-24-34(28)38(36(30)32)26-15-5-2-6-16-26/h1-24H. The third kappa shape index (κ3) is 2.95. The molecule has 0 radical (unpaired) electrons. The van der Waals surface area contributed by atoms with E-state index < -0.39 is 0 Å². The molecule has 0 spiro atoms. The number of para-hydroxylation sites is 6. The van der Waals surface area contributed by atoms with Gasteiger partial charge in [-0.05, 0) is 36.4 Å². The molecule has 0 aliphatic carbocycles. The second kappa shape index (κ2) is 8.22. The molecule has 8 aromatic rings. The Bertz CT molecular complexity index is 1960. The molecule has 0 N–H and O–H groups in total. The molecule has 0 unspecified atom stereocenters. The number of hydrogen-bond donors (Lipinski definition) is 0. The average Bonchev–Trinajstić information content (AvgIpc) is 3.51. The van der Waals surface area contributed by atoms with Gasteiger partial charge in [0.25, 0.3) is 0 Å². The van der Waals surface area contributed by atoms with Gasteiger partial charge >= 0.3 is 0 Å². The highest BCUT2D eigenvalue weighted by Crippen LogP contribution is 2.43. The van der Waals surface area contributed by atoms with Crippen molar-refractivity contribution in [3.63, 3.8) is 0 Å². The van der Waals surface area contributed by atoms with E-state index in [9.17, 15) is 0 Å². The largest absolute Gasteiger partial charge is 0.309 e. The van der Waals surface area contributed by atoms with Crippen molar-refractivity contribution < 1.29 is 0 Å². The van der Waals surface area contributed by atoms with E-state index in [0.717, 1.165) is 0 Å². The minimum absolute atomic E-state index is 1.17. The molecule has 0 bridgehead atoms. The van der Waals surface area contributed by atoms with Crippen LogP contribution in [-0.4, -0.2) is 9.13 Å². The van der Waals surface area contributed by atoms with Crippen LogP contribution in [0.4, 0.5) is 0 Å². The lowest BCUT2D eigenvalue weighted by Gasteiger charge is -2.15. The highest BCUT2D eigenvalue weighted by Gasteiger charge is 2.20. The zero-order valence-corrected chi connectivity index (χ0v) is 20.8. The van der Waals surface area contributed by atoms with Gasteiger partial charge in [-0.2, -0.15) is 0 Å². The first-order valence-corrected chi connectivity index (χ1v) is 13.1. The maximum atomic E-state index is 2.42. The van der Waals surface area contributed by atoms with E-state index in [1.54, 1.807) is 0 Å². The Labute approximate surface area is 220 Å². The summed E-state index contributed by atoms with van der Waals surface area (Å²) in [4.78, 5) is 0. The maximum Gasteiger partial charge on any atom is 0.0620 e. The minimum atomic E-state index is 1.17. The van der Waals surface area contributed by atoms with Crippen LogP contribution in [0, 0.1) is 0 Å². The van der Waals surface area contributed by atoms with Gasteiger partial charge in [0.05, 0.1) is 22.1 Å². The number of hydrogen-bond acceptors (Lipinski definition) is 0. The molecule has 2 aromatic heterocycles. The van der Waals surface area contributed by atoms with Crippen LogP contribution in [0.5, 0.6) is 0 Å². The Kier molecular flexibility index (Phi) is 4.55. The summed E-state index contributed by atoms with van der Waals surface area (Å²) in [6.07, 6.45) is 0. The molecule has 2 heteroatoms. The molecule has 0 aliphatic heterocycles. The lowest BCUT2D eigenvalue weighted by molar-refractivity contribution is 1.17. The normalized spacial score (nSPS) is 11.7. The summed E-state index contributed by atoms with van der Waals surface area (Å²) in [7, 11) is 0. The SMILES string of the molecule is c1ccc(-n2c3ccccc3c3cccc(-c4cccc5c6ccccc6n(-c6ccccc6)c45)c32)cc1. The van der Waals surface area contributed by atoms with Gasteiger partial charge in [-0.25, -0.2) is 0 Å². The van der Waals surface area contributed by atoms with Crippen LogP contribution in [-0.2, 0) is 0 Å². The van der Waals surface area contributed by atoms with Gasteiger partial charge in [0.1, 0.15) is 0 Å². The van der Waals surface area contributed by atoms with Crippen molar-refractivity contribution in [3.8, 4) is 22.5 Å². The predicted molar refractivity (Wildman–Crippen MR) is 161 cm³/mol. The fourth-order valence-electron chi connectivity index (χ4n) is 6.16. The summed E-state index contributed by atoms with van der Waals surface area (Å²) in [5, 5.41) is 5.07. The van der Waals surface area contributed by atoms with Crippen molar-refractivity contribution in [2.45, 2.75) is 0 Å². The van der Waals surface area contributed by atoms with Crippen molar-refractivity contribution >= 4 is 43.6 Å². The second-order valence-corrected chi connectivity index (χ2v) is 9.78. The first-order valence-electron chi connectivity index (χ1n) is 13.1. The van der Waals surface area contributed by atoms with E-state index in [0.29, 0.717) is 0 Å². The quantitative estimate of drug-likeness (QED) is 0.236. The highest BCUT2D eigenvalue weighted by molar-refractivity contribution is 6.19. The van der Waals surface area contributed by atoms with Gasteiger partial charge in [0, 0.05) is 44.0 Å². The average molecular weight is 485 g/mol. The summed E-state index contributed by atoms with van der Waals surface area (Å²) in [5.74, 6) is 0. The van der Waals surface area contributed by atoms with Crippen molar-refractivity contribution in [1.29, 1.82) is 0 Å². The lowest BCUT2D eigenvalue weighted by Crippen LogP contribution is -1.97. The summed E-state index contributed by atoms with van der Waals surface area (Å²) in [6, 6.07) is 52.4. The molecule has 38 heavy (non-hydrogen) atoms. The molecule has 0 aliphatic rings. The molecular weight excluding hydrogens is 460 g/mol. The Morgan fingerprint density at radius 1 is 0.289 bits per heavy atom. The number of aromatic nitrogens is 2. The molecule has 0 fully saturated rings. The lowest BCUT2D eigenvalue weighted by atomic mass is 9.99. The van der Waals surface area contributed by atoms with E-state index in [2.05, 4.69) is 155 Å². The van der Waals surface area contributed by atoms with Gasteiger partial charge in [-0.3, -0.25) is 0 Å².